The van der Waals surface area contributed by atoms with Gasteiger partial charge in [-0.3, -0.25) is 9.59 Å². The minimum absolute atomic E-state index is 0.00576. The van der Waals surface area contributed by atoms with E-state index in [-0.39, 0.29) is 17.7 Å². The van der Waals surface area contributed by atoms with Crippen molar-refractivity contribution in [1.29, 1.82) is 0 Å². The summed E-state index contributed by atoms with van der Waals surface area (Å²) in [4.78, 5) is 26.5. The van der Waals surface area contributed by atoms with Crippen LogP contribution in [0.2, 0.25) is 5.02 Å². The highest BCUT2D eigenvalue weighted by Crippen LogP contribution is 2.19. The highest BCUT2D eigenvalue weighted by molar-refractivity contribution is 6.31. The minimum atomic E-state index is -0.0605. The maximum Gasteiger partial charge on any atom is 0.246 e. The van der Waals surface area contributed by atoms with Gasteiger partial charge in [0.05, 0.1) is 0 Å². The fourth-order valence-corrected chi connectivity index (χ4v) is 3.37. The average Bonchev–Trinajstić information content (AvgIpc) is 2.72. The third kappa shape index (κ3) is 5.44. The zero-order chi connectivity index (χ0) is 19.1. The lowest BCUT2D eigenvalue weighted by molar-refractivity contribution is -0.132. The van der Waals surface area contributed by atoms with Gasteiger partial charge >= 0.3 is 0 Å². The fraction of sp³-hybridized carbons (Fsp3) is 0.273. The van der Waals surface area contributed by atoms with Crippen molar-refractivity contribution in [2.24, 2.45) is 5.92 Å². The van der Waals surface area contributed by atoms with Crippen LogP contribution in [-0.4, -0.2) is 29.8 Å². The summed E-state index contributed by atoms with van der Waals surface area (Å²) in [6.45, 7) is 1.63. The molecule has 1 N–H and O–H groups in total. The molecule has 0 radical (unpaired) electrons. The lowest BCUT2D eigenvalue weighted by Gasteiger charge is -2.30. The predicted octanol–water partition coefficient (Wildman–Crippen LogP) is 3.91. The highest BCUT2D eigenvalue weighted by Gasteiger charge is 2.26. The quantitative estimate of drug-likeness (QED) is 0.797. The smallest absolute Gasteiger partial charge is 0.246 e. The Bertz CT molecular complexity index is 812. The number of benzene rings is 2. The second-order valence-corrected chi connectivity index (χ2v) is 7.06. The molecule has 1 aliphatic heterocycles. The molecule has 1 aliphatic rings. The lowest BCUT2D eigenvalue weighted by atomic mass is 9.95. The summed E-state index contributed by atoms with van der Waals surface area (Å²) in [5, 5.41) is 3.62. The van der Waals surface area contributed by atoms with Crippen LogP contribution in [-0.2, 0) is 16.1 Å². The molecule has 0 bridgehead atoms. The van der Waals surface area contributed by atoms with Gasteiger partial charge < -0.3 is 10.2 Å². The third-order valence-electron chi connectivity index (χ3n) is 4.81. The van der Waals surface area contributed by atoms with Crippen molar-refractivity contribution in [3.8, 4) is 0 Å². The molecule has 1 fully saturated rings. The van der Waals surface area contributed by atoms with Crippen molar-refractivity contribution in [3.63, 3.8) is 0 Å². The Kier molecular flexibility index (Phi) is 6.66. The zero-order valence-electron chi connectivity index (χ0n) is 15.1. The van der Waals surface area contributed by atoms with E-state index in [1.54, 1.807) is 11.0 Å². The van der Waals surface area contributed by atoms with Gasteiger partial charge in [0.15, 0.2) is 0 Å². The summed E-state index contributed by atoms with van der Waals surface area (Å²) in [7, 11) is 0. The van der Waals surface area contributed by atoms with Gasteiger partial charge in [0.1, 0.15) is 0 Å². The number of hydrogen-bond donors (Lipinski definition) is 1. The Morgan fingerprint density at radius 3 is 2.41 bits per heavy atom. The van der Waals surface area contributed by atoms with Crippen LogP contribution in [0.4, 0.5) is 0 Å². The van der Waals surface area contributed by atoms with E-state index in [2.05, 4.69) is 5.32 Å². The number of hydrogen-bond acceptors (Lipinski definition) is 2. The van der Waals surface area contributed by atoms with E-state index in [0.717, 1.165) is 11.1 Å². The number of rotatable bonds is 5. The highest BCUT2D eigenvalue weighted by atomic mass is 35.5. The van der Waals surface area contributed by atoms with E-state index in [4.69, 9.17) is 11.6 Å². The number of halogens is 1. The van der Waals surface area contributed by atoms with Crippen LogP contribution in [0.3, 0.4) is 0 Å². The molecule has 3 rings (SSSR count). The molecule has 0 unspecified atom stereocenters. The number of amides is 2. The molecule has 0 aliphatic carbocycles. The first-order valence-electron chi connectivity index (χ1n) is 9.16. The van der Waals surface area contributed by atoms with Crippen LogP contribution in [0.5, 0.6) is 0 Å². The molecule has 2 amide bonds. The molecule has 0 aromatic heterocycles. The Labute approximate surface area is 164 Å². The Hall–Kier alpha value is -2.59. The topological polar surface area (TPSA) is 49.4 Å². The molecule has 140 valence electrons. The van der Waals surface area contributed by atoms with Gasteiger partial charge in [-0.15, -0.1) is 0 Å². The number of nitrogens with one attached hydrogen (secondary N) is 1. The van der Waals surface area contributed by atoms with Crippen molar-refractivity contribution in [3.05, 3.63) is 76.8 Å². The van der Waals surface area contributed by atoms with Gasteiger partial charge in [0.25, 0.3) is 0 Å². The Morgan fingerprint density at radius 2 is 1.70 bits per heavy atom. The molecule has 5 heteroatoms. The second kappa shape index (κ2) is 9.38. The number of carbonyl (C=O) groups is 2. The summed E-state index contributed by atoms with van der Waals surface area (Å²) < 4.78 is 0. The molecule has 0 spiro atoms. The number of nitrogens with zero attached hydrogens (tertiary/aromatic N) is 1. The molecule has 0 atom stereocenters. The van der Waals surface area contributed by atoms with E-state index < -0.39 is 0 Å². The standard InChI is InChI=1S/C22H23ClN2O2/c23-20-9-5-4-8-19(20)16-24-22(27)18-12-14-25(15-13-18)21(26)11-10-17-6-2-1-3-7-17/h1-11,18H,12-16H2,(H,24,27). The van der Waals surface area contributed by atoms with E-state index >= 15 is 0 Å². The molecular formula is C22H23ClN2O2. The molecule has 2 aromatic carbocycles. The van der Waals surface area contributed by atoms with Gasteiger partial charge in [-0.1, -0.05) is 60.1 Å². The summed E-state index contributed by atoms with van der Waals surface area (Å²) in [6.07, 6.45) is 4.79. The minimum Gasteiger partial charge on any atom is -0.352 e. The van der Waals surface area contributed by atoms with Crippen LogP contribution in [0.1, 0.15) is 24.0 Å². The van der Waals surface area contributed by atoms with E-state index in [1.165, 1.54) is 0 Å². The van der Waals surface area contributed by atoms with Crippen LogP contribution in [0.25, 0.3) is 6.08 Å². The van der Waals surface area contributed by atoms with Crippen molar-refractivity contribution in [2.75, 3.05) is 13.1 Å². The molecule has 27 heavy (non-hydrogen) atoms. The van der Waals surface area contributed by atoms with Crippen LogP contribution >= 0.6 is 11.6 Å². The first-order valence-corrected chi connectivity index (χ1v) is 9.54. The van der Waals surface area contributed by atoms with Gasteiger partial charge in [0, 0.05) is 36.7 Å². The molecule has 0 saturated carbocycles. The van der Waals surface area contributed by atoms with E-state index in [1.807, 2.05) is 60.7 Å². The number of carbonyl (C=O) groups excluding carboxylic acids is 2. The second-order valence-electron chi connectivity index (χ2n) is 6.65. The van der Waals surface area contributed by atoms with Crippen molar-refractivity contribution in [2.45, 2.75) is 19.4 Å². The van der Waals surface area contributed by atoms with E-state index in [9.17, 15) is 9.59 Å². The zero-order valence-corrected chi connectivity index (χ0v) is 15.9. The molecule has 1 heterocycles. The monoisotopic (exact) mass is 382 g/mol. The number of likely N-dealkylation sites (tertiary alicyclic amines) is 1. The first kappa shape index (κ1) is 19.2. The lowest BCUT2D eigenvalue weighted by Crippen LogP contribution is -2.42. The third-order valence-corrected chi connectivity index (χ3v) is 5.17. The van der Waals surface area contributed by atoms with Crippen LogP contribution in [0, 0.1) is 5.92 Å². The molecule has 1 saturated heterocycles. The van der Waals surface area contributed by atoms with Gasteiger partial charge in [-0.05, 0) is 36.1 Å². The van der Waals surface area contributed by atoms with Gasteiger partial charge in [-0.2, -0.15) is 0 Å². The number of piperidine rings is 1. The average molecular weight is 383 g/mol. The largest absolute Gasteiger partial charge is 0.352 e. The summed E-state index contributed by atoms with van der Waals surface area (Å²) in [5.41, 5.74) is 1.91. The summed E-state index contributed by atoms with van der Waals surface area (Å²) in [6, 6.07) is 17.2. The van der Waals surface area contributed by atoms with Crippen LogP contribution in [0.15, 0.2) is 60.7 Å². The maximum absolute atomic E-state index is 12.4. The van der Waals surface area contributed by atoms with Gasteiger partial charge in [-0.25, -0.2) is 0 Å². The summed E-state index contributed by atoms with van der Waals surface area (Å²) >= 11 is 6.12. The normalized spacial score (nSPS) is 15.1. The van der Waals surface area contributed by atoms with E-state index in [0.29, 0.717) is 37.5 Å². The van der Waals surface area contributed by atoms with Crippen LogP contribution < -0.4 is 5.32 Å². The SMILES string of the molecule is O=C(NCc1ccccc1Cl)C1CCN(C(=O)C=Cc2ccccc2)CC1. The van der Waals surface area contributed by atoms with Crippen molar-refractivity contribution >= 4 is 29.5 Å². The first-order chi connectivity index (χ1) is 13.1. The predicted molar refractivity (Wildman–Crippen MR) is 108 cm³/mol. The molecule has 2 aromatic rings. The fourth-order valence-electron chi connectivity index (χ4n) is 3.17. The Morgan fingerprint density at radius 1 is 1.04 bits per heavy atom. The maximum atomic E-state index is 12.4. The molecular weight excluding hydrogens is 360 g/mol. The Balaban J connectivity index is 1.45. The van der Waals surface area contributed by atoms with Crippen molar-refractivity contribution < 1.29 is 9.59 Å². The summed E-state index contributed by atoms with van der Waals surface area (Å²) in [5.74, 6) is -0.0368. The van der Waals surface area contributed by atoms with Crippen molar-refractivity contribution in [1.82, 2.24) is 10.2 Å². The van der Waals surface area contributed by atoms with Gasteiger partial charge in [0.2, 0.25) is 11.8 Å². The molecule has 4 nitrogen and oxygen atoms in total.